The van der Waals surface area contributed by atoms with Crippen molar-refractivity contribution in [2.45, 2.75) is 64.1 Å². The van der Waals surface area contributed by atoms with E-state index in [0.717, 1.165) is 30.1 Å². The minimum Gasteiger partial charge on any atom is -0.468 e. The summed E-state index contributed by atoms with van der Waals surface area (Å²) in [5.41, 5.74) is 4.82. The Bertz CT molecular complexity index is 919. The molecule has 0 amide bonds. The molecule has 3 aromatic rings. The van der Waals surface area contributed by atoms with Crippen LogP contribution in [0.4, 0.5) is 0 Å². The van der Waals surface area contributed by atoms with Gasteiger partial charge in [-0.1, -0.05) is 20.8 Å². The Kier molecular flexibility index (Phi) is 3.14. The minimum atomic E-state index is 0.0412. The highest BCUT2D eigenvalue weighted by Crippen LogP contribution is 2.44. The van der Waals surface area contributed by atoms with Gasteiger partial charge in [0.05, 0.1) is 24.2 Å². The van der Waals surface area contributed by atoms with Gasteiger partial charge in [-0.15, -0.1) is 0 Å². The van der Waals surface area contributed by atoms with Crippen LogP contribution < -0.4 is 0 Å². The van der Waals surface area contributed by atoms with Crippen LogP contribution in [0.5, 0.6) is 0 Å². The number of rotatable bonds is 2. The molecular weight excluding hydrogens is 312 g/mol. The van der Waals surface area contributed by atoms with Gasteiger partial charge in [-0.25, -0.2) is 9.50 Å². The Balaban J connectivity index is 1.57. The summed E-state index contributed by atoms with van der Waals surface area (Å²) in [6.07, 6.45) is 7.31. The molecule has 3 aromatic heterocycles. The molecule has 2 aliphatic heterocycles. The zero-order valence-corrected chi connectivity index (χ0v) is 15.1. The highest BCUT2D eigenvalue weighted by Gasteiger charge is 2.41. The fraction of sp³-hybridized carbons (Fsp3) is 0.500. The Labute approximate surface area is 147 Å². The van der Waals surface area contributed by atoms with E-state index in [-0.39, 0.29) is 5.41 Å². The van der Waals surface area contributed by atoms with Crippen LogP contribution in [0.15, 0.2) is 35.1 Å². The quantitative estimate of drug-likeness (QED) is 0.712. The van der Waals surface area contributed by atoms with Gasteiger partial charge in [0.2, 0.25) is 0 Å². The predicted molar refractivity (Wildman–Crippen MR) is 95.4 cm³/mol. The molecule has 5 nitrogen and oxygen atoms in total. The smallest absolute Gasteiger partial charge is 0.155 e. The van der Waals surface area contributed by atoms with Crippen LogP contribution in [0, 0.1) is 0 Å². The van der Waals surface area contributed by atoms with Gasteiger partial charge in [0.15, 0.2) is 5.65 Å². The van der Waals surface area contributed by atoms with E-state index in [0.29, 0.717) is 12.1 Å². The van der Waals surface area contributed by atoms with E-state index < -0.39 is 0 Å². The number of furan rings is 1. The molecular formula is C20H24N4O. The van der Waals surface area contributed by atoms with Crippen molar-refractivity contribution in [2.24, 2.45) is 0 Å². The first-order chi connectivity index (χ1) is 12.0. The molecule has 5 rings (SSSR count). The summed E-state index contributed by atoms with van der Waals surface area (Å²) < 4.78 is 7.69. The summed E-state index contributed by atoms with van der Waals surface area (Å²) in [6.45, 7) is 7.49. The van der Waals surface area contributed by atoms with Gasteiger partial charge in [-0.05, 0) is 25.0 Å². The number of hydrogen-bond acceptors (Lipinski definition) is 4. The second-order valence-corrected chi connectivity index (χ2v) is 8.41. The lowest BCUT2D eigenvalue weighted by Gasteiger charge is -2.35. The van der Waals surface area contributed by atoms with Gasteiger partial charge in [-0.2, -0.15) is 5.10 Å². The molecule has 0 spiro atoms. The first kappa shape index (κ1) is 15.1. The van der Waals surface area contributed by atoms with Crippen molar-refractivity contribution in [1.82, 2.24) is 19.5 Å². The average Bonchev–Trinajstić information content (AvgIpc) is 3.27. The standard InChI is InChI=1S/C20H24N4O/c1-20(2,3)18-10-19-21-11-15-16-7-6-13(9-17(15)24(19)22-18)23(16)12-14-5-4-8-25-14/h4-5,8,10-11,13,16H,6-7,9,12H2,1-3H3/t13-,16+/m0/s1. The first-order valence-corrected chi connectivity index (χ1v) is 9.17. The van der Waals surface area contributed by atoms with Crippen LogP contribution in [-0.2, 0) is 18.4 Å². The number of nitrogens with zero attached hydrogens (tertiary/aromatic N) is 4. The molecule has 1 fully saturated rings. The molecule has 5 heteroatoms. The topological polar surface area (TPSA) is 46.6 Å². The Morgan fingerprint density at radius 3 is 2.92 bits per heavy atom. The van der Waals surface area contributed by atoms with Gasteiger partial charge >= 0.3 is 0 Å². The summed E-state index contributed by atoms with van der Waals surface area (Å²) in [5.74, 6) is 1.04. The van der Waals surface area contributed by atoms with E-state index in [4.69, 9.17) is 14.5 Å². The fourth-order valence-corrected chi connectivity index (χ4v) is 4.38. The average molecular weight is 336 g/mol. The summed E-state index contributed by atoms with van der Waals surface area (Å²) in [6, 6.07) is 7.17. The van der Waals surface area contributed by atoms with E-state index in [2.05, 4.69) is 48.5 Å². The maximum absolute atomic E-state index is 5.58. The van der Waals surface area contributed by atoms with Crippen molar-refractivity contribution in [1.29, 1.82) is 0 Å². The maximum Gasteiger partial charge on any atom is 0.155 e. The fourth-order valence-electron chi connectivity index (χ4n) is 4.38. The van der Waals surface area contributed by atoms with Crippen molar-refractivity contribution in [3.05, 3.63) is 53.4 Å². The normalized spacial score (nSPS) is 23.3. The van der Waals surface area contributed by atoms with Crippen LogP contribution in [0.25, 0.3) is 5.65 Å². The van der Waals surface area contributed by atoms with Gasteiger partial charge in [-0.3, -0.25) is 4.90 Å². The molecule has 130 valence electrons. The van der Waals surface area contributed by atoms with Crippen LogP contribution >= 0.6 is 0 Å². The van der Waals surface area contributed by atoms with Crippen LogP contribution in [-0.4, -0.2) is 25.5 Å². The third-order valence-electron chi connectivity index (χ3n) is 5.73. The van der Waals surface area contributed by atoms with E-state index >= 15 is 0 Å². The molecule has 0 aromatic carbocycles. The van der Waals surface area contributed by atoms with Gasteiger partial charge < -0.3 is 4.42 Å². The Hall–Kier alpha value is -2.14. The number of fused-ring (bicyclic) bond motifs is 6. The summed E-state index contributed by atoms with van der Waals surface area (Å²) in [7, 11) is 0. The highest BCUT2D eigenvalue weighted by atomic mass is 16.3. The van der Waals surface area contributed by atoms with E-state index in [1.165, 1.54) is 24.1 Å². The van der Waals surface area contributed by atoms with Crippen molar-refractivity contribution in [3.8, 4) is 0 Å². The molecule has 2 atom stereocenters. The van der Waals surface area contributed by atoms with Crippen molar-refractivity contribution >= 4 is 5.65 Å². The zero-order valence-electron chi connectivity index (χ0n) is 15.1. The molecule has 25 heavy (non-hydrogen) atoms. The van der Waals surface area contributed by atoms with Crippen molar-refractivity contribution in [2.75, 3.05) is 0 Å². The third-order valence-corrected chi connectivity index (χ3v) is 5.73. The van der Waals surface area contributed by atoms with E-state index in [1.807, 2.05) is 6.07 Å². The lowest BCUT2D eigenvalue weighted by Crippen LogP contribution is -2.38. The summed E-state index contributed by atoms with van der Waals surface area (Å²) in [4.78, 5) is 7.31. The Morgan fingerprint density at radius 2 is 2.16 bits per heavy atom. The molecule has 2 bridgehead atoms. The van der Waals surface area contributed by atoms with E-state index in [1.54, 1.807) is 6.26 Å². The second-order valence-electron chi connectivity index (χ2n) is 8.41. The molecule has 0 N–H and O–H groups in total. The van der Waals surface area contributed by atoms with Crippen LogP contribution in [0.1, 0.15) is 62.4 Å². The Morgan fingerprint density at radius 1 is 1.28 bits per heavy atom. The largest absolute Gasteiger partial charge is 0.468 e. The SMILES string of the molecule is CC(C)(C)c1cc2ncc3c(n2n1)C[C@@H]1CC[C@H]3N1Cc1ccco1. The monoisotopic (exact) mass is 336 g/mol. The maximum atomic E-state index is 5.58. The zero-order chi connectivity index (χ0) is 17.2. The van der Waals surface area contributed by atoms with Gasteiger partial charge in [0, 0.05) is 41.7 Å². The molecule has 1 saturated heterocycles. The molecule has 0 aliphatic carbocycles. The molecule has 0 radical (unpaired) electrons. The number of aromatic nitrogens is 3. The minimum absolute atomic E-state index is 0.0412. The first-order valence-electron chi connectivity index (χ1n) is 9.17. The second kappa shape index (κ2) is 5.18. The molecule has 0 saturated carbocycles. The van der Waals surface area contributed by atoms with Crippen LogP contribution in [0.2, 0.25) is 0 Å². The molecule has 2 aliphatic rings. The van der Waals surface area contributed by atoms with Crippen molar-refractivity contribution in [3.63, 3.8) is 0 Å². The third kappa shape index (κ3) is 2.33. The van der Waals surface area contributed by atoms with Gasteiger partial charge in [0.25, 0.3) is 0 Å². The van der Waals surface area contributed by atoms with Crippen LogP contribution in [0.3, 0.4) is 0 Å². The van der Waals surface area contributed by atoms with Gasteiger partial charge in [0.1, 0.15) is 5.76 Å². The summed E-state index contributed by atoms with van der Waals surface area (Å²) in [5, 5.41) is 4.91. The number of hydrogen-bond donors (Lipinski definition) is 0. The lowest BCUT2D eigenvalue weighted by atomic mass is 9.93. The molecule has 5 heterocycles. The highest BCUT2D eigenvalue weighted by molar-refractivity contribution is 5.45. The van der Waals surface area contributed by atoms with E-state index in [9.17, 15) is 0 Å². The lowest BCUT2D eigenvalue weighted by molar-refractivity contribution is 0.152. The van der Waals surface area contributed by atoms with Crippen molar-refractivity contribution < 1.29 is 4.42 Å². The molecule has 0 unspecified atom stereocenters. The summed E-state index contributed by atoms with van der Waals surface area (Å²) >= 11 is 0. The predicted octanol–water partition coefficient (Wildman–Crippen LogP) is 3.88.